The summed E-state index contributed by atoms with van der Waals surface area (Å²) in [6.45, 7) is 5.05. The van der Waals surface area contributed by atoms with Crippen LogP contribution in [0.25, 0.3) is 0 Å². The van der Waals surface area contributed by atoms with Gasteiger partial charge in [0.1, 0.15) is 0 Å². The highest BCUT2D eigenvalue weighted by atomic mass is 16.4. The van der Waals surface area contributed by atoms with E-state index in [0.29, 0.717) is 5.69 Å². The molecule has 0 aliphatic rings. The molecule has 0 aromatic heterocycles. The van der Waals surface area contributed by atoms with Gasteiger partial charge in [-0.1, -0.05) is 0 Å². The zero-order valence-electron chi connectivity index (χ0n) is 8.92. The van der Waals surface area contributed by atoms with Gasteiger partial charge in [-0.15, -0.1) is 0 Å². The topological polar surface area (TPSA) is 66.4 Å². The number of nitrogens with one attached hydrogen (secondary N) is 1. The van der Waals surface area contributed by atoms with Crippen molar-refractivity contribution in [1.82, 2.24) is 0 Å². The van der Waals surface area contributed by atoms with Crippen LogP contribution in [0.1, 0.15) is 28.4 Å². The monoisotopic (exact) mass is 207 g/mol. The average Bonchev–Trinajstić information content (AvgIpc) is 2.09. The molecule has 0 fully saturated rings. The van der Waals surface area contributed by atoms with E-state index in [1.165, 1.54) is 6.92 Å². The quantitative estimate of drug-likeness (QED) is 0.779. The molecule has 0 unspecified atom stereocenters. The van der Waals surface area contributed by atoms with E-state index >= 15 is 0 Å². The van der Waals surface area contributed by atoms with Crippen molar-refractivity contribution in [2.24, 2.45) is 0 Å². The lowest BCUT2D eigenvalue weighted by Crippen LogP contribution is -2.11. The summed E-state index contributed by atoms with van der Waals surface area (Å²) in [4.78, 5) is 21.8. The molecule has 0 saturated heterocycles. The van der Waals surface area contributed by atoms with Crippen LogP contribution in [-0.2, 0) is 4.79 Å². The summed E-state index contributed by atoms with van der Waals surface area (Å²) in [6.07, 6.45) is 0. The van der Waals surface area contributed by atoms with Gasteiger partial charge >= 0.3 is 5.97 Å². The summed E-state index contributed by atoms with van der Waals surface area (Å²) in [5, 5.41) is 11.4. The van der Waals surface area contributed by atoms with Crippen molar-refractivity contribution in [3.8, 4) is 0 Å². The van der Waals surface area contributed by atoms with Crippen LogP contribution in [-0.4, -0.2) is 17.0 Å². The van der Waals surface area contributed by atoms with Crippen molar-refractivity contribution in [2.75, 3.05) is 5.32 Å². The standard InChI is InChI=1S/C11H13NO3/c1-6-4-9(11(14)15)10(5-7(6)2)12-8(3)13/h4-5H,1-3H3,(H,12,13)(H,14,15). The number of hydrogen-bond acceptors (Lipinski definition) is 2. The minimum atomic E-state index is -1.04. The summed E-state index contributed by atoms with van der Waals surface area (Å²) in [5.74, 6) is -1.32. The van der Waals surface area contributed by atoms with Crippen molar-refractivity contribution >= 4 is 17.6 Å². The molecule has 1 amide bonds. The molecule has 0 bridgehead atoms. The van der Waals surface area contributed by atoms with Gasteiger partial charge in [0.15, 0.2) is 0 Å². The Morgan fingerprint density at radius 2 is 1.73 bits per heavy atom. The van der Waals surface area contributed by atoms with Gasteiger partial charge in [-0.05, 0) is 37.1 Å². The third-order valence-electron chi connectivity index (χ3n) is 2.17. The molecule has 4 nitrogen and oxygen atoms in total. The predicted molar refractivity (Wildman–Crippen MR) is 57.2 cm³/mol. The van der Waals surface area contributed by atoms with Crippen molar-refractivity contribution in [3.05, 3.63) is 28.8 Å². The summed E-state index contributed by atoms with van der Waals surface area (Å²) < 4.78 is 0. The van der Waals surface area contributed by atoms with Crippen LogP contribution in [0.4, 0.5) is 5.69 Å². The zero-order valence-corrected chi connectivity index (χ0v) is 8.92. The number of hydrogen-bond donors (Lipinski definition) is 2. The van der Waals surface area contributed by atoms with E-state index in [9.17, 15) is 9.59 Å². The number of benzene rings is 1. The molecule has 4 heteroatoms. The Balaban J connectivity index is 3.28. The van der Waals surface area contributed by atoms with Gasteiger partial charge in [0, 0.05) is 6.92 Å². The molecule has 0 spiro atoms. The highest BCUT2D eigenvalue weighted by Gasteiger charge is 2.12. The second-order valence-electron chi connectivity index (χ2n) is 3.47. The van der Waals surface area contributed by atoms with Gasteiger partial charge < -0.3 is 10.4 Å². The van der Waals surface area contributed by atoms with E-state index in [1.54, 1.807) is 12.1 Å². The SMILES string of the molecule is CC(=O)Nc1cc(C)c(C)cc1C(=O)O. The van der Waals surface area contributed by atoms with Crippen LogP contribution in [0, 0.1) is 13.8 Å². The summed E-state index contributed by atoms with van der Waals surface area (Å²) in [7, 11) is 0. The lowest BCUT2D eigenvalue weighted by Gasteiger charge is -2.09. The second-order valence-corrected chi connectivity index (χ2v) is 3.47. The number of aryl methyl sites for hydroxylation is 2. The fourth-order valence-electron chi connectivity index (χ4n) is 1.29. The van der Waals surface area contributed by atoms with Gasteiger partial charge in [-0.3, -0.25) is 4.79 Å². The minimum Gasteiger partial charge on any atom is -0.478 e. The molecule has 1 aromatic carbocycles. The summed E-state index contributed by atoms with van der Waals surface area (Å²) >= 11 is 0. The Morgan fingerprint density at radius 3 is 2.20 bits per heavy atom. The van der Waals surface area contributed by atoms with Crippen molar-refractivity contribution in [1.29, 1.82) is 0 Å². The van der Waals surface area contributed by atoms with Crippen molar-refractivity contribution in [2.45, 2.75) is 20.8 Å². The number of carboxylic acids is 1. The first kappa shape index (κ1) is 11.2. The number of carbonyl (C=O) groups excluding carboxylic acids is 1. The third kappa shape index (κ3) is 2.56. The van der Waals surface area contributed by atoms with Crippen molar-refractivity contribution < 1.29 is 14.7 Å². The van der Waals surface area contributed by atoms with E-state index in [-0.39, 0.29) is 11.5 Å². The second kappa shape index (κ2) is 4.13. The van der Waals surface area contributed by atoms with Gasteiger partial charge in [-0.25, -0.2) is 4.79 Å². The normalized spacial score (nSPS) is 9.80. The van der Waals surface area contributed by atoms with E-state index in [4.69, 9.17) is 5.11 Å². The maximum Gasteiger partial charge on any atom is 0.337 e. The first-order valence-electron chi connectivity index (χ1n) is 4.54. The fourth-order valence-corrected chi connectivity index (χ4v) is 1.29. The van der Waals surface area contributed by atoms with E-state index in [1.807, 2.05) is 13.8 Å². The number of amides is 1. The fraction of sp³-hybridized carbons (Fsp3) is 0.273. The van der Waals surface area contributed by atoms with E-state index in [0.717, 1.165) is 11.1 Å². The maximum atomic E-state index is 10.9. The molecule has 15 heavy (non-hydrogen) atoms. The molecule has 80 valence electrons. The van der Waals surface area contributed by atoms with Gasteiger partial charge in [0.25, 0.3) is 0 Å². The van der Waals surface area contributed by atoms with Gasteiger partial charge in [0.05, 0.1) is 11.3 Å². The molecular formula is C11H13NO3. The highest BCUT2D eigenvalue weighted by molar-refractivity contribution is 6.00. The molecule has 0 saturated carbocycles. The number of anilines is 1. The number of rotatable bonds is 2. The Kier molecular flexibility index (Phi) is 3.09. The predicted octanol–water partition coefficient (Wildman–Crippen LogP) is 1.96. The number of aromatic carboxylic acids is 1. The molecule has 1 aromatic rings. The average molecular weight is 207 g/mol. The van der Waals surface area contributed by atoms with Crippen LogP contribution in [0.15, 0.2) is 12.1 Å². The third-order valence-corrected chi connectivity index (χ3v) is 2.17. The lowest BCUT2D eigenvalue weighted by molar-refractivity contribution is -0.114. The smallest absolute Gasteiger partial charge is 0.337 e. The molecule has 0 aliphatic carbocycles. The Hall–Kier alpha value is -1.84. The minimum absolute atomic E-state index is 0.119. The highest BCUT2D eigenvalue weighted by Crippen LogP contribution is 2.20. The maximum absolute atomic E-state index is 10.9. The van der Waals surface area contributed by atoms with Crippen LogP contribution in [0.2, 0.25) is 0 Å². The molecule has 0 radical (unpaired) electrons. The zero-order chi connectivity index (χ0) is 11.6. The number of carboxylic acid groups (broad SMARTS) is 1. The molecule has 0 atom stereocenters. The number of carbonyl (C=O) groups is 2. The summed E-state index contributed by atoms with van der Waals surface area (Å²) in [6, 6.07) is 3.23. The Bertz CT molecular complexity index is 424. The molecule has 1 rings (SSSR count). The first-order chi connectivity index (χ1) is 6.91. The van der Waals surface area contributed by atoms with Gasteiger partial charge in [-0.2, -0.15) is 0 Å². The lowest BCUT2D eigenvalue weighted by atomic mass is 10.0. The molecular weight excluding hydrogens is 194 g/mol. The Labute approximate surface area is 87.9 Å². The van der Waals surface area contributed by atoms with Crippen LogP contribution >= 0.6 is 0 Å². The van der Waals surface area contributed by atoms with Crippen LogP contribution in [0.3, 0.4) is 0 Å². The molecule has 0 aliphatic heterocycles. The van der Waals surface area contributed by atoms with Crippen LogP contribution < -0.4 is 5.32 Å². The largest absolute Gasteiger partial charge is 0.478 e. The van der Waals surface area contributed by atoms with Crippen molar-refractivity contribution in [3.63, 3.8) is 0 Å². The van der Waals surface area contributed by atoms with E-state index in [2.05, 4.69) is 5.32 Å². The van der Waals surface area contributed by atoms with E-state index < -0.39 is 5.97 Å². The first-order valence-corrected chi connectivity index (χ1v) is 4.54. The van der Waals surface area contributed by atoms with Gasteiger partial charge in [0.2, 0.25) is 5.91 Å². The van der Waals surface area contributed by atoms with Crippen LogP contribution in [0.5, 0.6) is 0 Å². The summed E-state index contributed by atoms with van der Waals surface area (Å²) in [5.41, 5.74) is 2.30. The Morgan fingerprint density at radius 1 is 1.20 bits per heavy atom. The molecule has 2 N–H and O–H groups in total. The molecule has 0 heterocycles.